The van der Waals surface area contributed by atoms with Crippen molar-refractivity contribution in [2.45, 2.75) is 69.6 Å². The standard InChI is InChI=1S/C26H25ClF8N6O2/c1-13(2)41(23(12-37)7-8-23)22(42)17-9-15(5-6-18(17)27)16(10-36)11-38-21-19(43-14(3)28)20(39-40(21)4)24(29,25(30,31)32)26(33,34)35/h5-6,9-11,13-14,36,38H,7-8H2,1-4H3/b16-11+,36-10?. The van der Waals surface area contributed by atoms with Crippen molar-refractivity contribution < 1.29 is 44.7 Å². The molecule has 2 aromatic rings. The maximum absolute atomic E-state index is 14.9. The van der Waals surface area contributed by atoms with E-state index in [1.54, 1.807) is 13.8 Å². The fraction of sp³-hybridized carbons (Fsp3) is 0.462. The molecule has 1 heterocycles. The number of aryl methyl sites for hydroxylation is 1. The third-order valence-corrected chi connectivity index (χ3v) is 6.90. The van der Waals surface area contributed by atoms with Crippen molar-refractivity contribution in [3.05, 3.63) is 46.2 Å². The van der Waals surface area contributed by atoms with E-state index in [4.69, 9.17) is 17.0 Å². The van der Waals surface area contributed by atoms with Gasteiger partial charge in [0.1, 0.15) is 5.54 Å². The first-order chi connectivity index (χ1) is 19.8. The smallest absolute Gasteiger partial charge is 0.437 e. The summed E-state index contributed by atoms with van der Waals surface area (Å²) in [6.45, 7) is 4.07. The zero-order chi connectivity index (χ0) is 32.7. The van der Waals surface area contributed by atoms with Crippen molar-refractivity contribution in [3.63, 3.8) is 0 Å². The number of benzene rings is 1. The number of halogens is 9. The first-order valence-corrected chi connectivity index (χ1v) is 12.9. The van der Waals surface area contributed by atoms with E-state index in [1.807, 2.05) is 0 Å². The minimum absolute atomic E-state index is 0.00733. The summed E-state index contributed by atoms with van der Waals surface area (Å²) in [6.07, 6.45) is -13.0. The number of carbonyl (C=O) groups is 1. The number of hydrogen-bond donors (Lipinski definition) is 2. The highest BCUT2D eigenvalue weighted by Gasteiger charge is 2.76. The van der Waals surface area contributed by atoms with Gasteiger partial charge < -0.3 is 20.4 Å². The highest BCUT2D eigenvalue weighted by atomic mass is 35.5. The van der Waals surface area contributed by atoms with Gasteiger partial charge in [-0.05, 0) is 44.4 Å². The number of aromatic nitrogens is 2. The van der Waals surface area contributed by atoms with Crippen LogP contribution >= 0.6 is 11.6 Å². The molecule has 234 valence electrons. The number of anilines is 1. The number of ether oxygens (including phenoxy) is 1. The first kappa shape index (κ1) is 33.6. The Balaban J connectivity index is 2.10. The van der Waals surface area contributed by atoms with Gasteiger partial charge >= 0.3 is 18.0 Å². The van der Waals surface area contributed by atoms with Crippen molar-refractivity contribution in [1.82, 2.24) is 14.7 Å². The van der Waals surface area contributed by atoms with Crippen molar-refractivity contribution in [1.29, 1.82) is 10.7 Å². The normalized spacial score (nSPS) is 16.0. The van der Waals surface area contributed by atoms with Crippen LogP contribution in [0.3, 0.4) is 0 Å². The number of hydrogen-bond acceptors (Lipinski definition) is 6. The molecule has 0 saturated heterocycles. The Bertz CT molecular complexity index is 1460. The van der Waals surface area contributed by atoms with Gasteiger partial charge in [-0.2, -0.15) is 36.7 Å². The second-order valence-electron chi connectivity index (χ2n) is 9.96. The second kappa shape index (κ2) is 11.7. The lowest BCUT2D eigenvalue weighted by molar-refractivity contribution is -0.350. The highest BCUT2D eigenvalue weighted by Crippen LogP contribution is 2.56. The molecule has 0 bridgehead atoms. The van der Waals surface area contributed by atoms with Gasteiger partial charge in [0.15, 0.2) is 17.3 Å². The van der Waals surface area contributed by atoms with E-state index in [-0.39, 0.29) is 27.8 Å². The van der Waals surface area contributed by atoms with Crippen LogP contribution < -0.4 is 10.1 Å². The number of alkyl halides is 8. The molecule has 1 atom stereocenters. The predicted molar refractivity (Wildman–Crippen MR) is 140 cm³/mol. The van der Waals surface area contributed by atoms with Crippen LogP contribution in [-0.4, -0.2) is 57.1 Å². The van der Waals surface area contributed by atoms with Crippen LogP contribution in [0, 0.1) is 16.7 Å². The number of nitrogens with zero attached hydrogens (tertiary/aromatic N) is 4. The Hall–Kier alpha value is -3.87. The minimum atomic E-state index is -6.55. The van der Waals surface area contributed by atoms with E-state index in [2.05, 4.69) is 21.2 Å². The molecule has 1 amide bonds. The van der Waals surface area contributed by atoms with Crippen molar-refractivity contribution in [2.75, 3.05) is 5.32 Å². The summed E-state index contributed by atoms with van der Waals surface area (Å²) in [5, 5.41) is 22.8. The van der Waals surface area contributed by atoms with Crippen molar-refractivity contribution in [2.24, 2.45) is 7.05 Å². The van der Waals surface area contributed by atoms with E-state index in [0.717, 1.165) is 19.5 Å². The monoisotopic (exact) mass is 640 g/mol. The number of nitriles is 1. The number of nitrogens with one attached hydrogen (secondary N) is 2. The van der Waals surface area contributed by atoms with Gasteiger partial charge in [-0.15, -0.1) is 0 Å². The summed E-state index contributed by atoms with van der Waals surface area (Å²) < 4.78 is 114. The molecule has 0 aliphatic heterocycles. The summed E-state index contributed by atoms with van der Waals surface area (Å²) in [7, 11) is 0.856. The molecule has 1 aliphatic carbocycles. The summed E-state index contributed by atoms with van der Waals surface area (Å²) in [6, 6.07) is 5.71. The molecule has 0 radical (unpaired) electrons. The lowest BCUT2D eigenvalue weighted by Crippen LogP contribution is -2.51. The Morgan fingerprint density at radius 2 is 1.79 bits per heavy atom. The third-order valence-electron chi connectivity index (χ3n) is 6.57. The molecule has 1 unspecified atom stereocenters. The van der Waals surface area contributed by atoms with Crippen LogP contribution in [0.25, 0.3) is 5.57 Å². The molecule has 1 aromatic heterocycles. The maximum Gasteiger partial charge on any atom is 0.437 e. The van der Waals surface area contributed by atoms with Crippen molar-refractivity contribution in [3.8, 4) is 11.8 Å². The average Bonchev–Trinajstić information content (AvgIpc) is 3.61. The van der Waals surface area contributed by atoms with Gasteiger partial charge in [0, 0.05) is 38.0 Å². The lowest BCUT2D eigenvalue weighted by atomic mass is 9.99. The van der Waals surface area contributed by atoms with Gasteiger partial charge in [0.2, 0.25) is 6.36 Å². The highest BCUT2D eigenvalue weighted by molar-refractivity contribution is 6.34. The van der Waals surface area contributed by atoms with Crippen LogP contribution in [0.15, 0.2) is 24.4 Å². The molecule has 43 heavy (non-hydrogen) atoms. The van der Waals surface area contributed by atoms with E-state index in [1.165, 1.54) is 23.1 Å². The van der Waals surface area contributed by atoms with E-state index in [9.17, 15) is 45.2 Å². The lowest BCUT2D eigenvalue weighted by Gasteiger charge is -2.31. The zero-order valence-corrected chi connectivity index (χ0v) is 23.7. The summed E-state index contributed by atoms with van der Waals surface area (Å²) in [4.78, 5) is 14.8. The summed E-state index contributed by atoms with van der Waals surface area (Å²) in [5.41, 5.74) is -9.32. The fourth-order valence-electron chi connectivity index (χ4n) is 4.39. The van der Waals surface area contributed by atoms with Crippen molar-refractivity contribution >= 4 is 35.1 Å². The van der Waals surface area contributed by atoms with Crippen LogP contribution in [-0.2, 0) is 12.7 Å². The molecule has 2 N–H and O–H groups in total. The Morgan fingerprint density at radius 3 is 2.23 bits per heavy atom. The van der Waals surface area contributed by atoms with Crippen LogP contribution in [0.1, 0.15) is 55.2 Å². The van der Waals surface area contributed by atoms with Crippen LogP contribution in [0.2, 0.25) is 5.02 Å². The number of allylic oxidation sites excluding steroid dienone is 1. The molecule has 1 aliphatic rings. The SMILES string of the molecule is CC(F)Oc1c(C(F)(C(F)(F)F)C(F)(F)F)nn(C)c1N/C=C(\C=N)c1ccc(Cl)c(C(=O)N(C(C)C)C2(C#N)CC2)c1. The largest absolute Gasteiger partial charge is 0.455 e. The zero-order valence-electron chi connectivity index (χ0n) is 23.0. The number of carbonyl (C=O) groups excluding carboxylic acids is 1. The topological polar surface area (TPSA) is 107 Å². The van der Waals surface area contributed by atoms with Gasteiger partial charge in [-0.25, -0.2) is 13.5 Å². The summed E-state index contributed by atoms with van der Waals surface area (Å²) in [5.74, 6) is -2.91. The summed E-state index contributed by atoms with van der Waals surface area (Å²) >= 11 is 6.28. The Labute approximate surface area is 245 Å². The minimum Gasteiger partial charge on any atom is -0.455 e. The van der Waals surface area contributed by atoms with Crippen LogP contribution in [0.5, 0.6) is 5.75 Å². The quantitative estimate of drug-likeness (QED) is 0.214. The molecule has 1 aromatic carbocycles. The first-order valence-electron chi connectivity index (χ1n) is 12.5. The predicted octanol–water partition coefficient (Wildman–Crippen LogP) is 7.07. The van der Waals surface area contributed by atoms with Crippen LogP contribution in [0.4, 0.5) is 40.9 Å². The number of amides is 1. The molecule has 1 fully saturated rings. The maximum atomic E-state index is 14.9. The van der Waals surface area contributed by atoms with Gasteiger partial charge in [0.05, 0.1) is 16.7 Å². The molecule has 17 heteroatoms. The third kappa shape index (κ3) is 6.13. The second-order valence-corrected chi connectivity index (χ2v) is 10.4. The average molecular weight is 641 g/mol. The van der Waals surface area contributed by atoms with E-state index >= 15 is 0 Å². The molecular formula is C26H25ClF8N6O2. The number of rotatable bonds is 10. The van der Waals surface area contributed by atoms with Gasteiger partial charge in [-0.3, -0.25) is 4.79 Å². The van der Waals surface area contributed by atoms with E-state index < -0.39 is 53.1 Å². The van der Waals surface area contributed by atoms with Gasteiger partial charge in [0.25, 0.3) is 5.91 Å². The molecule has 3 rings (SSSR count). The van der Waals surface area contributed by atoms with E-state index in [0.29, 0.717) is 24.4 Å². The fourth-order valence-corrected chi connectivity index (χ4v) is 4.59. The Kier molecular flexibility index (Phi) is 9.12. The molecule has 1 saturated carbocycles. The molecular weight excluding hydrogens is 616 g/mol. The molecule has 0 spiro atoms. The van der Waals surface area contributed by atoms with Gasteiger partial charge in [-0.1, -0.05) is 17.7 Å². The molecule has 8 nitrogen and oxygen atoms in total. The Morgan fingerprint density at radius 1 is 1.21 bits per heavy atom.